The highest BCUT2D eigenvalue weighted by Crippen LogP contribution is 2.29. The summed E-state index contributed by atoms with van der Waals surface area (Å²) in [7, 11) is 1.80. The van der Waals surface area contributed by atoms with E-state index in [1.54, 1.807) is 17.8 Å². The van der Waals surface area contributed by atoms with Crippen LogP contribution in [0.25, 0.3) is 27.8 Å². The van der Waals surface area contributed by atoms with Crippen LogP contribution in [0.4, 0.5) is 11.8 Å². The van der Waals surface area contributed by atoms with Gasteiger partial charge >= 0.3 is 0 Å². The van der Waals surface area contributed by atoms with Gasteiger partial charge < -0.3 is 16.4 Å². The lowest BCUT2D eigenvalue weighted by Crippen LogP contribution is -2.20. The van der Waals surface area contributed by atoms with E-state index in [0.29, 0.717) is 5.82 Å². The van der Waals surface area contributed by atoms with Crippen LogP contribution in [-0.2, 0) is 4.79 Å². The smallest absolute Gasteiger partial charge is 0.240 e. The topological polar surface area (TPSA) is 123 Å². The third-order valence-corrected chi connectivity index (χ3v) is 4.40. The van der Waals surface area contributed by atoms with Gasteiger partial charge in [-0.2, -0.15) is 4.98 Å². The fraction of sp³-hybridized carbons (Fsp3) is 0.286. The lowest BCUT2D eigenvalue weighted by molar-refractivity contribution is -0.118. The van der Waals surface area contributed by atoms with E-state index in [0.717, 1.165) is 47.2 Å². The molecular formula is C21H26N8O. The number of amides is 1. The van der Waals surface area contributed by atoms with E-state index in [1.165, 1.54) is 6.92 Å². The molecule has 0 bridgehead atoms. The Bertz CT molecular complexity index is 1150. The molecule has 4 aromatic heterocycles. The van der Waals surface area contributed by atoms with Gasteiger partial charge in [0.15, 0.2) is 5.82 Å². The minimum absolute atomic E-state index is 0.0680. The van der Waals surface area contributed by atoms with Crippen molar-refractivity contribution in [3.63, 3.8) is 0 Å². The van der Waals surface area contributed by atoms with Gasteiger partial charge in [0, 0.05) is 38.5 Å². The Hall–Kier alpha value is -3.75. The number of carbonyl (C=O) groups excluding carboxylic acids is 1. The van der Waals surface area contributed by atoms with Crippen molar-refractivity contribution in [2.45, 2.75) is 26.7 Å². The van der Waals surface area contributed by atoms with Gasteiger partial charge in [0.05, 0.1) is 16.7 Å². The largest absolute Gasteiger partial charge is 0.371 e. The summed E-state index contributed by atoms with van der Waals surface area (Å²) >= 11 is 0. The summed E-state index contributed by atoms with van der Waals surface area (Å²) in [6.45, 7) is 4.46. The SMILES string of the molecule is CCCCNC(C)=O.CNc1nc(N)nn2ccc(-c3ccc4ncccc4n3)c12. The Kier molecular flexibility index (Phi) is 6.74. The Labute approximate surface area is 174 Å². The number of pyridine rings is 2. The Morgan fingerprint density at radius 1 is 1.17 bits per heavy atom. The lowest BCUT2D eigenvalue weighted by Gasteiger charge is -2.07. The third kappa shape index (κ3) is 4.80. The van der Waals surface area contributed by atoms with Gasteiger partial charge in [-0.15, -0.1) is 5.10 Å². The van der Waals surface area contributed by atoms with Crippen molar-refractivity contribution in [2.24, 2.45) is 0 Å². The van der Waals surface area contributed by atoms with Crippen LogP contribution in [0.5, 0.6) is 0 Å². The van der Waals surface area contributed by atoms with Crippen molar-refractivity contribution in [3.8, 4) is 11.3 Å². The summed E-state index contributed by atoms with van der Waals surface area (Å²) in [5.74, 6) is 0.953. The fourth-order valence-corrected chi connectivity index (χ4v) is 2.97. The number of unbranched alkanes of at least 4 members (excludes halogenated alkanes) is 1. The molecule has 0 saturated heterocycles. The number of carbonyl (C=O) groups is 1. The van der Waals surface area contributed by atoms with Crippen molar-refractivity contribution in [1.82, 2.24) is 29.9 Å². The molecule has 0 aliphatic carbocycles. The van der Waals surface area contributed by atoms with Gasteiger partial charge in [-0.05, 0) is 36.8 Å². The second-order valence-corrected chi connectivity index (χ2v) is 6.67. The van der Waals surface area contributed by atoms with Crippen LogP contribution < -0.4 is 16.4 Å². The standard InChI is InChI=1S/C15H13N7.C6H13NO/c1-17-14-13-9(6-8-22(13)21-15(16)20-14)10-4-5-11-12(19-10)3-2-7-18-11;1-3-4-5-7-6(2)8/h2-8H,1H3,(H3,16,17,20,21);3-5H2,1-2H3,(H,7,8). The van der Waals surface area contributed by atoms with Crippen LogP contribution in [0.2, 0.25) is 0 Å². The van der Waals surface area contributed by atoms with Crippen molar-refractivity contribution in [3.05, 3.63) is 42.7 Å². The molecule has 0 atom stereocenters. The zero-order chi connectivity index (χ0) is 21.5. The number of nitrogens with zero attached hydrogens (tertiary/aromatic N) is 5. The average molecular weight is 406 g/mol. The molecule has 156 valence electrons. The number of nitrogens with two attached hydrogens (primary N) is 1. The summed E-state index contributed by atoms with van der Waals surface area (Å²) in [6, 6.07) is 9.67. The molecule has 0 aliphatic heterocycles. The first-order valence-corrected chi connectivity index (χ1v) is 9.82. The van der Waals surface area contributed by atoms with Crippen molar-refractivity contribution in [2.75, 3.05) is 24.6 Å². The van der Waals surface area contributed by atoms with Gasteiger partial charge in [0.1, 0.15) is 5.52 Å². The molecule has 4 rings (SSSR count). The van der Waals surface area contributed by atoms with E-state index in [1.807, 2.05) is 36.5 Å². The minimum atomic E-state index is 0.0680. The Morgan fingerprint density at radius 3 is 2.73 bits per heavy atom. The molecule has 1 amide bonds. The third-order valence-electron chi connectivity index (χ3n) is 4.40. The molecule has 0 saturated carbocycles. The molecular weight excluding hydrogens is 380 g/mol. The van der Waals surface area contributed by atoms with Gasteiger partial charge in [-0.1, -0.05) is 13.3 Å². The maximum Gasteiger partial charge on any atom is 0.240 e. The molecule has 4 aromatic rings. The quantitative estimate of drug-likeness (QED) is 0.435. The monoisotopic (exact) mass is 406 g/mol. The number of nitrogens with one attached hydrogen (secondary N) is 2. The number of nitrogen functional groups attached to an aromatic ring is 1. The van der Waals surface area contributed by atoms with Crippen LogP contribution in [0, 0.1) is 0 Å². The predicted octanol–water partition coefficient (Wildman–Crippen LogP) is 2.89. The summed E-state index contributed by atoms with van der Waals surface area (Å²) in [4.78, 5) is 23.4. The molecule has 0 aliphatic rings. The first kappa shape index (κ1) is 21.0. The summed E-state index contributed by atoms with van der Waals surface area (Å²) in [5.41, 5.74) is 10.1. The van der Waals surface area contributed by atoms with Gasteiger partial charge in [0.2, 0.25) is 11.9 Å². The maximum atomic E-state index is 10.2. The molecule has 0 radical (unpaired) electrons. The normalized spacial score (nSPS) is 10.5. The zero-order valence-electron chi connectivity index (χ0n) is 17.4. The van der Waals surface area contributed by atoms with Gasteiger partial charge in [0.25, 0.3) is 0 Å². The van der Waals surface area contributed by atoms with Crippen LogP contribution in [0.3, 0.4) is 0 Å². The molecule has 0 aromatic carbocycles. The molecule has 0 unspecified atom stereocenters. The van der Waals surface area contributed by atoms with Crippen LogP contribution in [-0.4, -0.2) is 44.1 Å². The van der Waals surface area contributed by atoms with E-state index in [9.17, 15) is 4.79 Å². The van der Waals surface area contributed by atoms with E-state index in [4.69, 9.17) is 5.73 Å². The fourth-order valence-electron chi connectivity index (χ4n) is 2.97. The maximum absolute atomic E-state index is 10.2. The molecule has 4 N–H and O–H groups in total. The Balaban J connectivity index is 0.000000275. The summed E-state index contributed by atoms with van der Waals surface area (Å²) in [5, 5.41) is 9.96. The number of anilines is 2. The second-order valence-electron chi connectivity index (χ2n) is 6.67. The molecule has 9 heteroatoms. The van der Waals surface area contributed by atoms with Crippen LogP contribution in [0.15, 0.2) is 42.7 Å². The van der Waals surface area contributed by atoms with Gasteiger partial charge in [-0.3, -0.25) is 9.78 Å². The zero-order valence-corrected chi connectivity index (χ0v) is 17.4. The van der Waals surface area contributed by atoms with Gasteiger partial charge in [-0.25, -0.2) is 9.50 Å². The Morgan fingerprint density at radius 2 is 2.00 bits per heavy atom. The highest BCUT2D eigenvalue weighted by molar-refractivity contribution is 5.89. The van der Waals surface area contributed by atoms with Crippen molar-refractivity contribution in [1.29, 1.82) is 0 Å². The summed E-state index contributed by atoms with van der Waals surface area (Å²) < 4.78 is 1.71. The predicted molar refractivity (Wildman–Crippen MR) is 119 cm³/mol. The highest BCUT2D eigenvalue weighted by atomic mass is 16.1. The first-order valence-electron chi connectivity index (χ1n) is 9.82. The van der Waals surface area contributed by atoms with E-state index in [2.05, 4.69) is 37.6 Å². The number of hydrogen-bond acceptors (Lipinski definition) is 7. The van der Waals surface area contributed by atoms with Crippen LogP contribution >= 0.6 is 0 Å². The van der Waals surface area contributed by atoms with E-state index >= 15 is 0 Å². The molecule has 0 fully saturated rings. The molecule has 0 spiro atoms. The number of aromatic nitrogens is 5. The van der Waals surface area contributed by atoms with E-state index < -0.39 is 0 Å². The first-order chi connectivity index (χ1) is 14.5. The molecule has 30 heavy (non-hydrogen) atoms. The number of fused-ring (bicyclic) bond motifs is 2. The molecule has 4 heterocycles. The highest BCUT2D eigenvalue weighted by Gasteiger charge is 2.13. The number of rotatable bonds is 5. The number of hydrogen-bond donors (Lipinski definition) is 3. The second kappa shape index (κ2) is 9.64. The minimum Gasteiger partial charge on any atom is -0.371 e. The van der Waals surface area contributed by atoms with Crippen molar-refractivity contribution < 1.29 is 4.79 Å². The van der Waals surface area contributed by atoms with E-state index in [-0.39, 0.29) is 11.9 Å². The molecule has 9 nitrogen and oxygen atoms in total. The van der Waals surface area contributed by atoms with Crippen LogP contribution in [0.1, 0.15) is 26.7 Å². The average Bonchev–Trinajstić information content (AvgIpc) is 3.17. The lowest BCUT2D eigenvalue weighted by atomic mass is 10.1. The summed E-state index contributed by atoms with van der Waals surface area (Å²) in [6.07, 6.45) is 5.83. The van der Waals surface area contributed by atoms with Crippen molar-refractivity contribution >= 4 is 34.2 Å².